The fraction of sp³-hybridized carbons (Fsp3) is 1.00. The molecule has 0 aliphatic carbocycles. The van der Waals surface area contributed by atoms with E-state index in [2.05, 4.69) is 20.8 Å². The second kappa shape index (κ2) is 24.5. The molecule has 33 heavy (non-hydrogen) atoms. The molecule has 0 saturated heterocycles. The molecule has 0 rings (SSSR count). The first kappa shape index (κ1) is 43.9. The number of unbranched alkanes of at least 4 members (excludes halogenated alkanes) is 3. The van der Waals surface area contributed by atoms with Gasteiger partial charge in [-0.25, -0.2) is 0 Å². The Morgan fingerprint density at radius 2 is 0.667 bits per heavy atom. The Morgan fingerprint density at radius 3 is 0.788 bits per heavy atom. The molecular formula is C24H58O7SiZr. The van der Waals surface area contributed by atoms with Gasteiger partial charge in [0.25, 0.3) is 0 Å². The van der Waals surface area contributed by atoms with E-state index in [1.165, 1.54) is 0 Å². The molecule has 0 amide bonds. The summed E-state index contributed by atoms with van der Waals surface area (Å²) in [6.45, 7) is 23.5. The van der Waals surface area contributed by atoms with Crippen molar-refractivity contribution >= 4 is 9.05 Å². The first-order chi connectivity index (χ1) is 14.2. The Bertz CT molecular complexity index is 305. The summed E-state index contributed by atoms with van der Waals surface area (Å²) in [4.78, 5) is 10.2. The molecule has 0 aliphatic rings. The topological polar surface area (TPSA) is 109 Å². The Labute approximate surface area is 226 Å². The maximum absolute atomic E-state index is 10.2. The molecule has 0 fully saturated rings. The van der Waals surface area contributed by atoms with Gasteiger partial charge in [0.1, 0.15) is 0 Å². The molecule has 0 heterocycles. The van der Waals surface area contributed by atoms with E-state index >= 15 is 0 Å². The van der Waals surface area contributed by atoms with Gasteiger partial charge in [0.15, 0.2) is 0 Å². The minimum atomic E-state index is -3.36. The fourth-order valence-electron chi connectivity index (χ4n) is 1.16. The van der Waals surface area contributed by atoms with Gasteiger partial charge in [-0.2, -0.15) is 0 Å². The normalized spacial score (nSPS) is 11.6. The van der Waals surface area contributed by atoms with Gasteiger partial charge < -0.3 is 33.4 Å². The third kappa shape index (κ3) is 88.0. The van der Waals surface area contributed by atoms with Crippen LogP contribution in [0.25, 0.3) is 0 Å². The molecule has 0 aromatic heterocycles. The van der Waals surface area contributed by atoms with Crippen LogP contribution in [0.3, 0.4) is 0 Å². The molecule has 0 spiro atoms. The zero-order valence-electron chi connectivity index (χ0n) is 23.9. The molecule has 0 aromatic rings. The molecule has 7 nitrogen and oxygen atoms in total. The van der Waals surface area contributed by atoms with Crippen molar-refractivity contribution in [1.29, 1.82) is 0 Å². The number of rotatable bonds is 12. The molecule has 0 aromatic carbocycles. The van der Waals surface area contributed by atoms with E-state index < -0.39 is 25.9 Å². The quantitative estimate of drug-likeness (QED) is 0.187. The summed E-state index contributed by atoms with van der Waals surface area (Å²) in [5.41, 5.74) is -1.50. The van der Waals surface area contributed by atoms with Crippen molar-refractivity contribution < 1.29 is 59.6 Å². The van der Waals surface area contributed by atoms with Crippen molar-refractivity contribution in [2.75, 3.05) is 19.8 Å². The molecule has 0 bridgehead atoms. The maximum Gasteiger partial charge on any atom is 0.676 e. The Hall–Kier alpha value is 0.820. The first-order valence-electron chi connectivity index (χ1n) is 12.0. The molecule has 0 saturated carbocycles. The minimum Gasteiger partial charge on any atom is -0.391 e. The maximum atomic E-state index is 10.2. The molecule has 0 aliphatic heterocycles. The molecule has 204 valence electrons. The van der Waals surface area contributed by atoms with Crippen LogP contribution in [-0.2, 0) is 39.5 Å². The monoisotopic (exact) mass is 576 g/mol. The van der Waals surface area contributed by atoms with Gasteiger partial charge in [-0.15, -0.1) is 0 Å². The number of aliphatic hydroxyl groups is 3. The van der Waals surface area contributed by atoms with E-state index in [9.17, 15) is 4.80 Å². The number of hydrogen-bond donors (Lipinski definition) is 4. The van der Waals surface area contributed by atoms with Crippen molar-refractivity contribution in [3.8, 4) is 0 Å². The summed E-state index contributed by atoms with van der Waals surface area (Å²) >= 11 is 0. The predicted molar refractivity (Wildman–Crippen MR) is 136 cm³/mol. The van der Waals surface area contributed by atoms with E-state index in [4.69, 9.17) is 28.6 Å². The van der Waals surface area contributed by atoms with Crippen molar-refractivity contribution in [2.24, 2.45) is 0 Å². The third-order valence-electron chi connectivity index (χ3n) is 2.35. The summed E-state index contributed by atoms with van der Waals surface area (Å²) in [5.74, 6) is 0. The summed E-state index contributed by atoms with van der Waals surface area (Å²) in [5, 5.41) is 25.6. The van der Waals surface area contributed by atoms with Crippen LogP contribution in [0.1, 0.15) is 122 Å². The summed E-state index contributed by atoms with van der Waals surface area (Å²) in [6.07, 6.45) is 5.87. The standard InChI is InChI=1S/C12H28O4Si.3C4H10O.Zr/c1-4-7-10-14-17(13,15-11-8-5-2)16-12-9-6-3;3*1-4(2,3)5;/h13H,4-12H2,1-3H3;3*5H,1-3H3;. The Balaban J connectivity index is -0.000000133. The van der Waals surface area contributed by atoms with Crippen LogP contribution in [-0.4, -0.2) is 65.8 Å². The average molecular weight is 578 g/mol. The molecule has 4 N–H and O–H groups in total. The molecule has 0 unspecified atom stereocenters. The Morgan fingerprint density at radius 1 is 0.515 bits per heavy atom. The first-order valence-corrected chi connectivity index (χ1v) is 13.7. The van der Waals surface area contributed by atoms with Gasteiger partial charge in [-0.05, 0) is 81.6 Å². The van der Waals surface area contributed by atoms with Crippen LogP contribution >= 0.6 is 0 Å². The zero-order chi connectivity index (χ0) is 26.5. The molecule has 9 heteroatoms. The van der Waals surface area contributed by atoms with Crippen LogP contribution < -0.4 is 0 Å². The molecule has 0 atom stereocenters. The molecular weight excluding hydrogens is 520 g/mol. The fourth-order valence-corrected chi connectivity index (χ4v) is 2.62. The third-order valence-corrected chi connectivity index (χ3v) is 4.05. The van der Waals surface area contributed by atoms with Gasteiger partial charge in [0.2, 0.25) is 0 Å². The second-order valence-corrected chi connectivity index (χ2v) is 12.6. The molecule has 0 radical (unpaired) electrons. The smallest absolute Gasteiger partial charge is 0.391 e. The van der Waals surface area contributed by atoms with Crippen LogP contribution in [0.4, 0.5) is 0 Å². The van der Waals surface area contributed by atoms with Gasteiger partial charge in [-0.1, -0.05) is 40.0 Å². The predicted octanol–water partition coefficient (Wildman–Crippen LogP) is 5.19. The van der Waals surface area contributed by atoms with Gasteiger partial charge in [-0.3, -0.25) is 0 Å². The van der Waals surface area contributed by atoms with Crippen molar-refractivity contribution in [3.63, 3.8) is 0 Å². The number of hydrogen-bond acceptors (Lipinski definition) is 7. The zero-order valence-corrected chi connectivity index (χ0v) is 27.3. The van der Waals surface area contributed by atoms with Crippen molar-refractivity contribution in [1.82, 2.24) is 0 Å². The second-order valence-electron chi connectivity index (χ2n) is 10.6. The van der Waals surface area contributed by atoms with Gasteiger partial charge in [0, 0.05) is 46.0 Å². The van der Waals surface area contributed by atoms with Crippen LogP contribution in [0.15, 0.2) is 0 Å². The van der Waals surface area contributed by atoms with E-state index in [1.54, 1.807) is 62.3 Å². The van der Waals surface area contributed by atoms with Crippen molar-refractivity contribution in [3.05, 3.63) is 0 Å². The largest absolute Gasteiger partial charge is 0.676 e. The van der Waals surface area contributed by atoms with E-state index in [1.807, 2.05) is 0 Å². The van der Waals surface area contributed by atoms with E-state index in [0.717, 1.165) is 38.5 Å². The van der Waals surface area contributed by atoms with Gasteiger partial charge in [0.05, 0.1) is 16.8 Å². The van der Waals surface area contributed by atoms with Crippen molar-refractivity contribution in [2.45, 2.75) is 138 Å². The van der Waals surface area contributed by atoms with E-state index in [0.29, 0.717) is 19.8 Å². The van der Waals surface area contributed by atoms with Gasteiger partial charge >= 0.3 is 9.05 Å². The minimum absolute atomic E-state index is 0. The van der Waals surface area contributed by atoms with Crippen LogP contribution in [0.2, 0.25) is 0 Å². The van der Waals surface area contributed by atoms with E-state index in [-0.39, 0.29) is 26.2 Å². The SMILES string of the molecule is CC(C)(C)O.CC(C)(C)O.CC(C)(C)O.CCCCO[Si](O)(OCCCC)OCCCC.[Zr]. The average Bonchev–Trinajstić information content (AvgIpc) is 2.51. The Kier molecular flexibility index (Phi) is 32.6. The summed E-state index contributed by atoms with van der Waals surface area (Å²) in [7, 11) is -3.36. The summed E-state index contributed by atoms with van der Waals surface area (Å²) < 4.78 is 16.2. The van der Waals surface area contributed by atoms with Crippen LogP contribution in [0.5, 0.6) is 0 Å². The van der Waals surface area contributed by atoms with Crippen LogP contribution in [0, 0.1) is 0 Å². The summed E-state index contributed by atoms with van der Waals surface area (Å²) in [6, 6.07) is 0.